The van der Waals surface area contributed by atoms with Crippen LogP contribution in [0.1, 0.15) is 18.7 Å². The van der Waals surface area contributed by atoms with Crippen LogP contribution in [0.4, 0.5) is 0 Å². The van der Waals surface area contributed by atoms with Crippen LogP contribution in [-0.4, -0.2) is 15.0 Å². The van der Waals surface area contributed by atoms with Crippen LogP contribution in [0.25, 0.3) is 83.7 Å². The minimum absolute atomic E-state index is 0.624. The molecule has 2 aromatic heterocycles. The van der Waals surface area contributed by atoms with Gasteiger partial charge in [-0.25, -0.2) is 15.0 Å². The monoisotopic (exact) mass is 629 g/mol. The molecule has 0 atom stereocenters. The number of rotatable bonds is 6. The summed E-state index contributed by atoms with van der Waals surface area (Å²) in [5.41, 5.74) is 11.5. The quantitative estimate of drug-likeness (QED) is 0.184. The number of nitrogens with zero attached hydrogens (tertiary/aromatic N) is 3. The molecule has 1 aliphatic carbocycles. The van der Waals surface area contributed by atoms with Crippen LogP contribution in [0, 0.1) is 0 Å². The lowest BCUT2D eigenvalue weighted by atomic mass is 9.99. The van der Waals surface area contributed by atoms with Gasteiger partial charge in [0.25, 0.3) is 0 Å². The summed E-state index contributed by atoms with van der Waals surface area (Å²) in [5.74, 6) is 1.94. The number of furan rings is 1. The third-order valence-electron chi connectivity index (χ3n) is 9.20. The second-order valence-electron chi connectivity index (χ2n) is 12.3. The smallest absolute Gasteiger partial charge is 0.164 e. The van der Waals surface area contributed by atoms with Crippen molar-refractivity contribution in [1.29, 1.82) is 0 Å². The van der Waals surface area contributed by atoms with Crippen LogP contribution in [0.3, 0.4) is 0 Å². The highest BCUT2D eigenvalue weighted by atomic mass is 16.3. The van der Waals surface area contributed by atoms with E-state index in [2.05, 4.69) is 140 Å². The lowest BCUT2D eigenvalue weighted by molar-refractivity contribution is 0.669. The topological polar surface area (TPSA) is 51.8 Å². The van der Waals surface area contributed by atoms with Crippen LogP contribution < -0.4 is 0 Å². The Labute approximate surface area is 284 Å². The minimum Gasteiger partial charge on any atom is -0.456 e. The first-order valence-corrected chi connectivity index (χ1v) is 16.7. The fourth-order valence-electron chi connectivity index (χ4n) is 6.65. The zero-order chi connectivity index (χ0) is 32.6. The summed E-state index contributed by atoms with van der Waals surface area (Å²) >= 11 is 0. The van der Waals surface area contributed by atoms with Gasteiger partial charge in [-0.2, -0.15) is 0 Å². The zero-order valence-electron chi connectivity index (χ0n) is 26.8. The molecule has 0 fully saturated rings. The molecule has 9 rings (SSSR count). The number of fused-ring (bicyclic) bond motifs is 3. The van der Waals surface area contributed by atoms with E-state index in [4.69, 9.17) is 19.4 Å². The molecule has 0 spiro atoms. The Bertz CT molecular complexity index is 2510. The van der Waals surface area contributed by atoms with Gasteiger partial charge in [0.1, 0.15) is 11.2 Å². The van der Waals surface area contributed by atoms with Crippen LogP contribution in [0.5, 0.6) is 0 Å². The summed E-state index contributed by atoms with van der Waals surface area (Å²) in [7, 11) is 0. The number of benzene rings is 6. The normalized spacial score (nSPS) is 12.8. The van der Waals surface area contributed by atoms with Crippen LogP contribution in [0.2, 0.25) is 0 Å². The fourth-order valence-corrected chi connectivity index (χ4v) is 6.65. The number of hydrogen-bond acceptors (Lipinski definition) is 4. The standard InChI is InChI=1S/C45H31N3O/c1-4-11-30(12-5-1)32-19-21-33(22-20-32)34-23-25-36(26-24-34)44-46-43(35-15-8-3-9-16-35)47-45(48-44)38-17-10-18-41-42(38)39-29-37(27-28-40(39)49-41)31-13-6-2-7-14-31/h1-2,4-8,10-29H,3,9H2. The second kappa shape index (κ2) is 12.3. The molecule has 0 saturated carbocycles. The van der Waals surface area contributed by atoms with E-state index < -0.39 is 0 Å². The first kappa shape index (κ1) is 28.8. The second-order valence-corrected chi connectivity index (χ2v) is 12.3. The van der Waals surface area contributed by atoms with Crippen molar-refractivity contribution in [3.63, 3.8) is 0 Å². The van der Waals surface area contributed by atoms with E-state index in [1.807, 2.05) is 24.3 Å². The summed E-state index contributed by atoms with van der Waals surface area (Å²) < 4.78 is 6.36. The molecular formula is C45H31N3O. The van der Waals surface area contributed by atoms with E-state index in [0.717, 1.165) is 73.7 Å². The van der Waals surface area contributed by atoms with Crippen molar-refractivity contribution in [2.24, 2.45) is 0 Å². The van der Waals surface area contributed by atoms with Crippen molar-refractivity contribution in [3.05, 3.63) is 170 Å². The van der Waals surface area contributed by atoms with E-state index in [9.17, 15) is 0 Å². The highest BCUT2D eigenvalue weighted by molar-refractivity contribution is 6.12. The number of hydrogen-bond donors (Lipinski definition) is 0. The van der Waals surface area contributed by atoms with Gasteiger partial charge in [-0.05, 0) is 64.4 Å². The SMILES string of the molecule is C1=CC(c2nc(-c3ccc(-c4ccc(-c5ccccc5)cc4)cc3)nc(-c3cccc4oc5ccc(-c6ccccc6)cc5c34)n2)=CCC1. The van der Waals surface area contributed by atoms with Crippen molar-refractivity contribution < 1.29 is 4.42 Å². The van der Waals surface area contributed by atoms with E-state index >= 15 is 0 Å². The van der Waals surface area contributed by atoms with Crippen molar-refractivity contribution in [2.45, 2.75) is 12.8 Å². The molecule has 0 N–H and O–H groups in total. The summed E-state index contributed by atoms with van der Waals surface area (Å²) in [6, 6.07) is 50.6. The molecule has 0 radical (unpaired) electrons. The Morgan fingerprint density at radius 3 is 1.65 bits per heavy atom. The average Bonchev–Trinajstić information content (AvgIpc) is 3.57. The Morgan fingerprint density at radius 2 is 1.00 bits per heavy atom. The zero-order valence-corrected chi connectivity index (χ0v) is 26.8. The summed E-state index contributed by atoms with van der Waals surface area (Å²) in [6.45, 7) is 0. The molecular weight excluding hydrogens is 599 g/mol. The minimum atomic E-state index is 0.624. The van der Waals surface area contributed by atoms with E-state index in [1.54, 1.807) is 0 Å². The number of aromatic nitrogens is 3. The maximum Gasteiger partial charge on any atom is 0.164 e. The molecule has 0 aliphatic heterocycles. The Balaban J connectivity index is 1.14. The number of allylic oxidation sites excluding steroid dienone is 4. The van der Waals surface area contributed by atoms with Gasteiger partial charge in [0.05, 0.1) is 0 Å². The van der Waals surface area contributed by atoms with Crippen molar-refractivity contribution in [1.82, 2.24) is 15.0 Å². The van der Waals surface area contributed by atoms with Crippen molar-refractivity contribution in [2.75, 3.05) is 0 Å². The summed E-state index contributed by atoms with van der Waals surface area (Å²) in [4.78, 5) is 15.2. The molecule has 0 amide bonds. The average molecular weight is 630 g/mol. The molecule has 232 valence electrons. The van der Waals surface area contributed by atoms with Gasteiger partial charge in [0, 0.05) is 27.5 Å². The largest absolute Gasteiger partial charge is 0.456 e. The molecule has 4 nitrogen and oxygen atoms in total. The third kappa shape index (κ3) is 5.53. The molecule has 8 aromatic rings. The lowest BCUT2D eigenvalue weighted by Gasteiger charge is -2.11. The fraction of sp³-hybridized carbons (Fsp3) is 0.0444. The van der Waals surface area contributed by atoms with E-state index in [0.29, 0.717) is 17.5 Å². The van der Waals surface area contributed by atoms with Gasteiger partial charge in [-0.15, -0.1) is 0 Å². The summed E-state index contributed by atoms with van der Waals surface area (Å²) in [6.07, 6.45) is 8.50. The first-order valence-electron chi connectivity index (χ1n) is 16.7. The molecule has 49 heavy (non-hydrogen) atoms. The third-order valence-corrected chi connectivity index (χ3v) is 9.20. The van der Waals surface area contributed by atoms with Crippen molar-refractivity contribution in [3.8, 4) is 56.2 Å². The van der Waals surface area contributed by atoms with Crippen LogP contribution in [0.15, 0.2) is 168 Å². The molecule has 6 aromatic carbocycles. The van der Waals surface area contributed by atoms with Gasteiger partial charge in [0.15, 0.2) is 17.5 Å². The molecule has 1 aliphatic rings. The molecule has 0 unspecified atom stereocenters. The molecule has 2 heterocycles. The maximum atomic E-state index is 6.36. The lowest BCUT2D eigenvalue weighted by Crippen LogP contribution is -2.03. The Kier molecular flexibility index (Phi) is 7.25. The van der Waals surface area contributed by atoms with Gasteiger partial charge >= 0.3 is 0 Å². The predicted octanol–water partition coefficient (Wildman–Crippen LogP) is 11.8. The summed E-state index contributed by atoms with van der Waals surface area (Å²) in [5, 5.41) is 2.04. The molecule has 0 saturated heterocycles. The van der Waals surface area contributed by atoms with Gasteiger partial charge in [-0.3, -0.25) is 0 Å². The highest BCUT2D eigenvalue weighted by Crippen LogP contribution is 2.38. The molecule has 4 heteroatoms. The van der Waals surface area contributed by atoms with Gasteiger partial charge in [-0.1, -0.05) is 146 Å². The van der Waals surface area contributed by atoms with Gasteiger partial charge < -0.3 is 4.42 Å². The Morgan fingerprint density at radius 1 is 0.429 bits per heavy atom. The van der Waals surface area contributed by atoms with Gasteiger partial charge in [0.2, 0.25) is 0 Å². The predicted molar refractivity (Wildman–Crippen MR) is 201 cm³/mol. The Hall–Kier alpha value is -6.39. The first-order chi connectivity index (χ1) is 24.3. The van der Waals surface area contributed by atoms with Crippen molar-refractivity contribution >= 4 is 27.5 Å². The van der Waals surface area contributed by atoms with E-state index in [1.165, 1.54) is 11.1 Å². The highest BCUT2D eigenvalue weighted by Gasteiger charge is 2.19. The van der Waals surface area contributed by atoms with Crippen LogP contribution >= 0.6 is 0 Å². The maximum absolute atomic E-state index is 6.36. The van der Waals surface area contributed by atoms with E-state index in [-0.39, 0.29) is 0 Å². The van der Waals surface area contributed by atoms with Crippen LogP contribution in [-0.2, 0) is 0 Å². The molecule has 0 bridgehead atoms.